The van der Waals surface area contributed by atoms with Crippen LogP contribution in [0.2, 0.25) is 0 Å². The molecule has 1 aromatic carbocycles. The molecule has 1 fully saturated rings. The molecule has 1 N–H and O–H groups in total. The third-order valence-corrected chi connectivity index (χ3v) is 5.74. The SMILES string of the molecule is CC1(Oc2cccc3c2CNC3)CCS(=O)(=O)CC1. The van der Waals surface area contributed by atoms with Gasteiger partial charge in [-0.3, -0.25) is 0 Å². The molecule has 19 heavy (non-hydrogen) atoms. The average Bonchev–Trinajstić information content (AvgIpc) is 2.83. The molecule has 0 saturated carbocycles. The van der Waals surface area contributed by atoms with Crippen molar-refractivity contribution in [3.63, 3.8) is 0 Å². The van der Waals surface area contributed by atoms with Gasteiger partial charge in [0.1, 0.15) is 11.4 Å². The maximum atomic E-state index is 11.5. The predicted octanol–water partition coefficient (Wildman–Crippen LogP) is 1.64. The molecule has 5 heteroatoms. The van der Waals surface area contributed by atoms with Gasteiger partial charge in [0.05, 0.1) is 11.5 Å². The van der Waals surface area contributed by atoms with Crippen molar-refractivity contribution in [3.05, 3.63) is 29.3 Å². The van der Waals surface area contributed by atoms with Gasteiger partial charge < -0.3 is 10.1 Å². The molecule has 2 heterocycles. The van der Waals surface area contributed by atoms with Crippen LogP contribution in [0.3, 0.4) is 0 Å². The second kappa shape index (κ2) is 4.49. The van der Waals surface area contributed by atoms with Crippen molar-refractivity contribution in [1.29, 1.82) is 0 Å². The lowest BCUT2D eigenvalue weighted by Crippen LogP contribution is -2.41. The molecule has 2 aliphatic rings. The summed E-state index contributed by atoms with van der Waals surface area (Å²) in [6.07, 6.45) is 1.15. The largest absolute Gasteiger partial charge is 0.487 e. The molecule has 0 radical (unpaired) electrons. The van der Waals surface area contributed by atoms with Crippen LogP contribution in [0, 0.1) is 0 Å². The number of hydrogen-bond acceptors (Lipinski definition) is 4. The normalized spacial score (nSPS) is 23.8. The van der Waals surface area contributed by atoms with Gasteiger partial charge >= 0.3 is 0 Å². The van der Waals surface area contributed by atoms with Crippen LogP contribution in [-0.2, 0) is 22.9 Å². The molecule has 0 aromatic heterocycles. The van der Waals surface area contributed by atoms with Crippen molar-refractivity contribution in [1.82, 2.24) is 5.32 Å². The van der Waals surface area contributed by atoms with Crippen LogP contribution >= 0.6 is 0 Å². The first kappa shape index (κ1) is 12.9. The van der Waals surface area contributed by atoms with E-state index in [4.69, 9.17) is 4.74 Å². The summed E-state index contributed by atoms with van der Waals surface area (Å²) in [5, 5.41) is 3.32. The molecule has 3 rings (SSSR count). The topological polar surface area (TPSA) is 55.4 Å². The summed E-state index contributed by atoms with van der Waals surface area (Å²) < 4.78 is 29.2. The van der Waals surface area contributed by atoms with Crippen molar-refractivity contribution in [2.75, 3.05) is 11.5 Å². The third kappa shape index (κ3) is 2.62. The van der Waals surface area contributed by atoms with Crippen molar-refractivity contribution in [2.45, 2.75) is 38.5 Å². The Hall–Kier alpha value is -1.07. The molecule has 0 bridgehead atoms. The summed E-state index contributed by atoms with van der Waals surface area (Å²) in [6.45, 7) is 3.74. The molecule has 104 valence electrons. The maximum Gasteiger partial charge on any atom is 0.150 e. The summed E-state index contributed by atoms with van der Waals surface area (Å²) in [5.41, 5.74) is 2.14. The summed E-state index contributed by atoms with van der Waals surface area (Å²) >= 11 is 0. The standard InChI is InChI=1S/C14H19NO3S/c1-14(5-7-19(16,17)8-6-14)18-13-4-2-3-11-9-15-10-12(11)13/h2-4,15H,5-10H2,1H3. The fourth-order valence-corrected chi connectivity index (χ4v) is 4.42. The van der Waals surface area contributed by atoms with Crippen LogP contribution in [0.15, 0.2) is 18.2 Å². The first-order valence-electron chi connectivity index (χ1n) is 6.68. The molecule has 2 aliphatic heterocycles. The average molecular weight is 281 g/mol. The van der Waals surface area contributed by atoms with Crippen LogP contribution in [0.5, 0.6) is 5.75 Å². The Balaban J connectivity index is 1.81. The third-order valence-electron chi connectivity index (χ3n) is 4.09. The van der Waals surface area contributed by atoms with Gasteiger partial charge in [-0.15, -0.1) is 0 Å². The van der Waals surface area contributed by atoms with Gasteiger partial charge in [-0.05, 0) is 18.6 Å². The molecule has 4 nitrogen and oxygen atoms in total. The second-order valence-corrected chi connectivity index (χ2v) is 8.00. The van der Waals surface area contributed by atoms with Gasteiger partial charge in [0.2, 0.25) is 0 Å². The van der Waals surface area contributed by atoms with Crippen molar-refractivity contribution < 1.29 is 13.2 Å². The summed E-state index contributed by atoms with van der Waals surface area (Å²) in [5.74, 6) is 1.37. The van der Waals surface area contributed by atoms with E-state index in [0.29, 0.717) is 12.8 Å². The van der Waals surface area contributed by atoms with E-state index in [2.05, 4.69) is 11.4 Å². The Labute approximate surface area is 114 Å². The number of rotatable bonds is 2. The first-order valence-corrected chi connectivity index (χ1v) is 8.51. The molecule has 1 aromatic rings. The van der Waals surface area contributed by atoms with Gasteiger partial charge in [-0.25, -0.2) is 8.42 Å². The zero-order valence-corrected chi connectivity index (χ0v) is 11.9. The Morgan fingerprint density at radius 3 is 2.68 bits per heavy atom. The Bertz CT molecular complexity index is 581. The molecule has 1 saturated heterocycles. The van der Waals surface area contributed by atoms with Gasteiger partial charge in [-0.1, -0.05) is 12.1 Å². The van der Waals surface area contributed by atoms with Crippen molar-refractivity contribution in [2.24, 2.45) is 0 Å². The minimum absolute atomic E-state index is 0.233. The second-order valence-electron chi connectivity index (χ2n) is 5.70. The summed E-state index contributed by atoms with van der Waals surface area (Å²) in [6, 6.07) is 6.10. The van der Waals surface area contributed by atoms with Crippen LogP contribution in [-0.4, -0.2) is 25.5 Å². The highest BCUT2D eigenvalue weighted by atomic mass is 32.2. The van der Waals surface area contributed by atoms with Crippen LogP contribution < -0.4 is 10.1 Å². The van der Waals surface area contributed by atoms with E-state index >= 15 is 0 Å². The fraction of sp³-hybridized carbons (Fsp3) is 0.571. The number of benzene rings is 1. The lowest BCUT2D eigenvalue weighted by molar-refractivity contribution is 0.0768. The van der Waals surface area contributed by atoms with E-state index in [1.165, 1.54) is 11.1 Å². The maximum absolute atomic E-state index is 11.5. The van der Waals surface area contributed by atoms with Crippen molar-refractivity contribution in [3.8, 4) is 5.75 Å². The van der Waals surface area contributed by atoms with E-state index in [1.54, 1.807) is 0 Å². The van der Waals surface area contributed by atoms with Crippen molar-refractivity contribution >= 4 is 9.84 Å². The number of nitrogens with one attached hydrogen (secondary N) is 1. The molecular weight excluding hydrogens is 262 g/mol. The minimum Gasteiger partial charge on any atom is -0.487 e. The fourth-order valence-electron chi connectivity index (χ4n) is 2.73. The zero-order valence-electron chi connectivity index (χ0n) is 11.1. The van der Waals surface area contributed by atoms with Gasteiger partial charge in [-0.2, -0.15) is 0 Å². The molecule has 0 unspecified atom stereocenters. The Kier molecular flexibility index (Phi) is 3.06. The molecule has 0 aliphatic carbocycles. The summed E-state index contributed by atoms with van der Waals surface area (Å²) in [4.78, 5) is 0. The molecule has 0 spiro atoms. The van der Waals surface area contributed by atoms with E-state index in [1.807, 2.05) is 19.1 Å². The Morgan fingerprint density at radius 1 is 1.21 bits per heavy atom. The van der Waals surface area contributed by atoms with Crippen LogP contribution in [0.1, 0.15) is 30.9 Å². The predicted molar refractivity (Wildman–Crippen MR) is 73.9 cm³/mol. The van der Waals surface area contributed by atoms with Gasteiger partial charge in [0, 0.05) is 31.5 Å². The highest BCUT2D eigenvalue weighted by molar-refractivity contribution is 7.91. The van der Waals surface area contributed by atoms with Gasteiger partial charge in [0.15, 0.2) is 9.84 Å². The molecule has 0 atom stereocenters. The lowest BCUT2D eigenvalue weighted by atomic mass is 9.99. The quantitative estimate of drug-likeness (QED) is 0.895. The molecule has 0 amide bonds. The summed E-state index contributed by atoms with van der Waals surface area (Å²) in [7, 11) is -2.85. The van der Waals surface area contributed by atoms with E-state index in [-0.39, 0.29) is 17.1 Å². The number of ether oxygens (including phenoxy) is 1. The Morgan fingerprint density at radius 2 is 1.95 bits per heavy atom. The highest BCUT2D eigenvalue weighted by Crippen LogP contribution is 2.33. The van der Waals surface area contributed by atoms with Gasteiger partial charge in [0.25, 0.3) is 0 Å². The lowest BCUT2D eigenvalue weighted by Gasteiger charge is -2.34. The molecular formula is C14H19NO3S. The van der Waals surface area contributed by atoms with Crippen LogP contribution in [0.25, 0.3) is 0 Å². The zero-order chi connectivity index (χ0) is 13.5. The number of sulfone groups is 1. The monoisotopic (exact) mass is 281 g/mol. The number of hydrogen-bond donors (Lipinski definition) is 1. The highest BCUT2D eigenvalue weighted by Gasteiger charge is 2.35. The smallest absolute Gasteiger partial charge is 0.150 e. The minimum atomic E-state index is -2.85. The van der Waals surface area contributed by atoms with E-state index in [9.17, 15) is 8.42 Å². The van der Waals surface area contributed by atoms with E-state index < -0.39 is 9.84 Å². The van der Waals surface area contributed by atoms with Crippen LogP contribution in [0.4, 0.5) is 0 Å². The van der Waals surface area contributed by atoms with E-state index in [0.717, 1.165) is 18.8 Å². The first-order chi connectivity index (χ1) is 8.98. The number of fused-ring (bicyclic) bond motifs is 1.